The summed E-state index contributed by atoms with van der Waals surface area (Å²) < 4.78 is 12.4. The van der Waals surface area contributed by atoms with Gasteiger partial charge in [0.1, 0.15) is 16.5 Å². The molecule has 0 aliphatic heterocycles. The van der Waals surface area contributed by atoms with Gasteiger partial charge in [-0.2, -0.15) is 0 Å². The Morgan fingerprint density at radius 1 is 0.917 bits per heavy atom. The predicted molar refractivity (Wildman–Crippen MR) is 155 cm³/mol. The van der Waals surface area contributed by atoms with Crippen molar-refractivity contribution in [3.63, 3.8) is 0 Å². The summed E-state index contributed by atoms with van der Waals surface area (Å²) in [6.07, 6.45) is 6.13. The van der Waals surface area contributed by atoms with Crippen molar-refractivity contribution < 1.29 is 14.3 Å². The van der Waals surface area contributed by atoms with Gasteiger partial charge in [0.05, 0.1) is 23.9 Å². The van der Waals surface area contributed by atoms with Gasteiger partial charge in [0.15, 0.2) is 8.32 Å². The highest BCUT2D eigenvalue weighted by Gasteiger charge is 2.37. The van der Waals surface area contributed by atoms with Crippen LogP contribution < -0.4 is 9.47 Å². The van der Waals surface area contributed by atoms with Gasteiger partial charge in [-0.1, -0.05) is 62.4 Å². The van der Waals surface area contributed by atoms with Crippen LogP contribution in [-0.4, -0.2) is 31.8 Å². The molecule has 0 unspecified atom stereocenters. The van der Waals surface area contributed by atoms with E-state index in [9.17, 15) is 4.80 Å². The first-order chi connectivity index (χ1) is 17.1. The Labute approximate surface area is 219 Å². The molecule has 36 heavy (non-hydrogen) atoms. The Morgan fingerprint density at radius 2 is 1.53 bits per heavy atom. The average molecular weight is 518 g/mol. The van der Waals surface area contributed by atoms with Gasteiger partial charge in [0, 0.05) is 5.56 Å². The van der Waals surface area contributed by atoms with E-state index in [-0.39, 0.29) is 5.04 Å². The molecule has 188 valence electrons. The van der Waals surface area contributed by atoms with Crippen LogP contribution in [0.3, 0.4) is 0 Å². The minimum Gasteiger partial charge on any atom is -0.497 e. The minimum absolute atomic E-state index is 0.00820. The lowest BCUT2D eigenvalue weighted by Crippen LogP contribution is -2.39. The average Bonchev–Trinajstić information content (AvgIpc) is 3.29. The quantitative estimate of drug-likeness (QED) is 0.131. The van der Waals surface area contributed by atoms with Crippen LogP contribution in [-0.2, 0) is 0 Å². The fourth-order valence-electron chi connectivity index (χ4n) is 3.77. The van der Waals surface area contributed by atoms with E-state index >= 15 is 0 Å². The molecule has 0 aliphatic carbocycles. The third kappa shape index (κ3) is 6.43. The van der Waals surface area contributed by atoms with Gasteiger partial charge < -0.3 is 14.3 Å². The molecule has 0 atom stereocenters. The van der Waals surface area contributed by atoms with Crippen LogP contribution in [0.1, 0.15) is 37.8 Å². The van der Waals surface area contributed by atoms with Gasteiger partial charge in [0.25, 0.3) is 0 Å². The van der Waals surface area contributed by atoms with Crippen LogP contribution in [0.2, 0.25) is 18.1 Å². The van der Waals surface area contributed by atoms with E-state index in [4.69, 9.17) is 14.5 Å². The van der Waals surface area contributed by atoms with Crippen molar-refractivity contribution in [1.29, 1.82) is 0 Å². The normalized spacial score (nSPS) is 12.4. The molecule has 4 nitrogen and oxygen atoms in total. The van der Waals surface area contributed by atoms with Crippen molar-refractivity contribution in [3.05, 3.63) is 77.9 Å². The summed E-state index contributed by atoms with van der Waals surface area (Å²) in [7, 11) is -0.477. The molecule has 0 aliphatic rings. The Hall–Kier alpha value is -2.93. The number of fused-ring (bicyclic) bond motifs is 1. The van der Waals surface area contributed by atoms with Crippen molar-refractivity contribution in [2.24, 2.45) is 0 Å². The van der Waals surface area contributed by atoms with Gasteiger partial charge in [0.2, 0.25) is 0 Å². The molecule has 0 saturated heterocycles. The second-order valence-corrected chi connectivity index (χ2v) is 15.8. The Bertz CT molecular complexity index is 1320. The smallest absolute Gasteiger partial charge is 0.188 e. The highest BCUT2D eigenvalue weighted by Crippen LogP contribution is 2.39. The van der Waals surface area contributed by atoms with E-state index in [2.05, 4.69) is 62.4 Å². The molecule has 0 bridgehead atoms. The summed E-state index contributed by atoms with van der Waals surface area (Å²) in [4.78, 5) is 15.2. The first kappa shape index (κ1) is 26.1. The summed E-state index contributed by atoms with van der Waals surface area (Å²) in [5, 5.41) is 1.00. The summed E-state index contributed by atoms with van der Waals surface area (Å²) in [5.41, 5.74) is 4.37. The van der Waals surface area contributed by atoms with Crippen LogP contribution in [0.5, 0.6) is 11.5 Å². The lowest BCUT2D eigenvalue weighted by atomic mass is 10.1. The molecule has 0 spiro atoms. The summed E-state index contributed by atoms with van der Waals surface area (Å²) in [6.45, 7) is 9.00. The third-order valence-electron chi connectivity index (χ3n) is 6.97. The highest BCUT2D eigenvalue weighted by atomic mass is 32.1. The molecule has 4 aromatic rings. The lowest BCUT2D eigenvalue weighted by molar-refractivity contribution is 0.294. The first-order valence-electron chi connectivity index (χ1n) is 12.3. The molecule has 0 amide bonds. The third-order valence-corrected chi connectivity index (χ3v) is 11.6. The number of rotatable bonds is 10. The summed E-state index contributed by atoms with van der Waals surface area (Å²) >= 11 is 1.68. The number of ether oxygens (including phenoxy) is 2. The second-order valence-electron chi connectivity index (χ2n) is 10.3. The molecular weight excluding hydrogens is 482 g/mol. The maximum absolute atomic E-state index is 10.4. The van der Waals surface area contributed by atoms with Crippen molar-refractivity contribution in [3.8, 4) is 22.1 Å². The highest BCUT2D eigenvalue weighted by molar-refractivity contribution is 7.21. The number of hydrogen-bond donors (Lipinski definition) is 1. The Balaban J connectivity index is 1.31. The van der Waals surface area contributed by atoms with Crippen molar-refractivity contribution in [1.82, 2.24) is 4.98 Å². The molecule has 0 fully saturated rings. The van der Waals surface area contributed by atoms with E-state index in [1.807, 2.05) is 43.4 Å². The van der Waals surface area contributed by atoms with Crippen LogP contribution in [0, 0.1) is 0 Å². The van der Waals surface area contributed by atoms with E-state index in [0.29, 0.717) is 6.61 Å². The fourth-order valence-corrected chi connectivity index (χ4v) is 5.56. The van der Waals surface area contributed by atoms with Gasteiger partial charge in [-0.3, -0.25) is 0 Å². The SMILES string of the molecule is COc1ccc2nc(-c3ccc(/C=C/c4ccc(OCCCC(C)(C)[Si](C)(C)O)cc4)cc3)sc2c1. The molecule has 1 aromatic heterocycles. The number of methoxy groups -OCH3 is 1. The molecule has 1 heterocycles. The van der Waals surface area contributed by atoms with E-state index < -0.39 is 8.32 Å². The number of thiazole rings is 1. The molecule has 1 N–H and O–H groups in total. The van der Waals surface area contributed by atoms with E-state index in [1.54, 1.807) is 18.4 Å². The standard InChI is InChI=1S/C30H35NO3SSi/c1-30(2,36(4,5)32)19-6-20-34-25-15-11-23(12-16-25)8-7-22-9-13-24(14-10-22)29-31-27-18-17-26(33-3)21-28(27)35-29/h7-18,21,32H,6,19-20H2,1-5H3/b8-7+. The van der Waals surface area contributed by atoms with Gasteiger partial charge in [-0.05, 0) is 72.4 Å². The first-order valence-corrected chi connectivity index (χ1v) is 16.1. The zero-order chi connectivity index (χ0) is 25.8. The van der Waals surface area contributed by atoms with Crippen LogP contribution in [0.15, 0.2) is 66.7 Å². The monoisotopic (exact) mass is 517 g/mol. The topological polar surface area (TPSA) is 51.6 Å². The number of benzene rings is 3. The maximum Gasteiger partial charge on any atom is 0.188 e. The van der Waals surface area contributed by atoms with Crippen molar-refractivity contribution >= 4 is 42.0 Å². The van der Waals surface area contributed by atoms with E-state index in [1.165, 1.54) is 0 Å². The van der Waals surface area contributed by atoms with Crippen LogP contribution in [0.25, 0.3) is 32.9 Å². The van der Waals surface area contributed by atoms with Gasteiger partial charge in [-0.25, -0.2) is 4.98 Å². The Kier molecular flexibility index (Phi) is 7.98. The summed E-state index contributed by atoms with van der Waals surface area (Å²) in [6, 6.07) is 22.6. The Morgan fingerprint density at radius 3 is 2.14 bits per heavy atom. The molecule has 6 heteroatoms. The molecule has 0 radical (unpaired) electrons. The second kappa shape index (κ2) is 11.0. The van der Waals surface area contributed by atoms with E-state index in [0.717, 1.165) is 56.3 Å². The zero-order valence-corrected chi connectivity index (χ0v) is 23.6. The van der Waals surface area contributed by atoms with Crippen LogP contribution >= 0.6 is 11.3 Å². The maximum atomic E-state index is 10.4. The zero-order valence-electron chi connectivity index (χ0n) is 21.7. The predicted octanol–water partition coefficient (Wildman–Crippen LogP) is 8.28. The fraction of sp³-hybridized carbons (Fsp3) is 0.300. The van der Waals surface area contributed by atoms with Gasteiger partial charge in [-0.15, -0.1) is 11.3 Å². The largest absolute Gasteiger partial charge is 0.497 e. The van der Waals surface area contributed by atoms with Crippen molar-refractivity contribution in [2.45, 2.75) is 44.8 Å². The van der Waals surface area contributed by atoms with Gasteiger partial charge >= 0.3 is 0 Å². The molecule has 3 aromatic carbocycles. The van der Waals surface area contributed by atoms with Crippen molar-refractivity contribution in [2.75, 3.05) is 13.7 Å². The number of aromatic nitrogens is 1. The minimum atomic E-state index is -2.16. The lowest BCUT2D eigenvalue weighted by Gasteiger charge is -2.35. The molecular formula is C30H35NO3SSi. The van der Waals surface area contributed by atoms with Crippen LogP contribution in [0.4, 0.5) is 0 Å². The molecule has 4 rings (SSSR count). The number of hydrogen-bond acceptors (Lipinski definition) is 5. The number of nitrogens with zero attached hydrogens (tertiary/aromatic N) is 1. The summed E-state index contributed by atoms with van der Waals surface area (Å²) in [5.74, 6) is 1.73. The molecule has 0 saturated carbocycles.